The Hall–Kier alpha value is -1.49. The highest BCUT2D eigenvalue weighted by atomic mass is 16.5. The lowest BCUT2D eigenvalue weighted by Gasteiger charge is -2.55. The van der Waals surface area contributed by atoms with Gasteiger partial charge < -0.3 is 9.47 Å². The summed E-state index contributed by atoms with van der Waals surface area (Å²) in [6.45, 7) is 7.00. The Kier molecular flexibility index (Phi) is 4.33. The number of ether oxygens (including phenoxy) is 2. The van der Waals surface area contributed by atoms with Crippen molar-refractivity contribution >= 4 is 17.5 Å². The van der Waals surface area contributed by atoms with Crippen LogP contribution in [-0.4, -0.2) is 36.9 Å². The van der Waals surface area contributed by atoms with E-state index in [1.54, 1.807) is 6.08 Å². The van der Waals surface area contributed by atoms with Crippen molar-refractivity contribution in [2.24, 2.45) is 35.0 Å². The van der Waals surface area contributed by atoms with Crippen molar-refractivity contribution in [1.29, 1.82) is 0 Å². The Labute approximate surface area is 154 Å². The van der Waals surface area contributed by atoms with Crippen molar-refractivity contribution in [2.75, 3.05) is 13.2 Å². The SMILES string of the molecule is CCOC(=O)C[C@@H]1C(C)=CC(=O)[C@@H]2CC(=O)[C@H]3C[C@@H]4OCC[C@@H]4[C@H]3[C@@]12C. The van der Waals surface area contributed by atoms with Crippen LogP contribution in [0.4, 0.5) is 0 Å². The largest absolute Gasteiger partial charge is 0.466 e. The van der Waals surface area contributed by atoms with Crippen LogP contribution in [0.5, 0.6) is 0 Å². The van der Waals surface area contributed by atoms with Gasteiger partial charge in [-0.3, -0.25) is 14.4 Å². The normalized spacial score (nSPS) is 44.2. The molecule has 0 aromatic heterocycles. The predicted octanol–water partition coefficient (Wildman–Crippen LogP) is 2.72. The van der Waals surface area contributed by atoms with E-state index in [2.05, 4.69) is 6.92 Å². The number of fused-ring (bicyclic) bond motifs is 5. The molecule has 0 N–H and O–H groups in total. The topological polar surface area (TPSA) is 69.7 Å². The maximum absolute atomic E-state index is 12.9. The van der Waals surface area contributed by atoms with Gasteiger partial charge in [0, 0.05) is 24.9 Å². The van der Waals surface area contributed by atoms with Gasteiger partial charge in [0.05, 0.1) is 19.1 Å². The summed E-state index contributed by atoms with van der Waals surface area (Å²) < 4.78 is 11.1. The van der Waals surface area contributed by atoms with Gasteiger partial charge in [-0.25, -0.2) is 0 Å². The second-order valence-electron chi connectivity index (χ2n) is 8.67. The van der Waals surface area contributed by atoms with E-state index in [9.17, 15) is 14.4 Å². The Balaban J connectivity index is 1.77. The second-order valence-corrected chi connectivity index (χ2v) is 8.67. The lowest BCUT2D eigenvalue weighted by molar-refractivity contribution is -0.155. The van der Waals surface area contributed by atoms with E-state index in [0.717, 1.165) is 25.0 Å². The molecule has 0 spiro atoms. The lowest BCUT2D eigenvalue weighted by Crippen LogP contribution is -2.56. The summed E-state index contributed by atoms with van der Waals surface area (Å²) in [7, 11) is 0. The molecule has 0 amide bonds. The molecule has 26 heavy (non-hydrogen) atoms. The van der Waals surface area contributed by atoms with Gasteiger partial charge in [-0.15, -0.1) is 0 Å². The zero-order valence-electron chi connectivity index (χ0n) is 15.8. The van der Waals surface area contributed by atoms with E-state index in [1.807, 2.05) is 13.8 Å². The van der Waals surface area contributed by atoms with Crippen LogP contribution in [0.2, 0.25) is 0 Å². The van der Waals surface area contributed by atoms with Crippen LogP contribution in [0.1, 0.15) is 46.5 Å². The van der Waals surface area contributed by atoms with E-state index < -0.39 is 0 Å². The smallest absolute Gasteiger partial charge is 0.306 e. The number of Topliss-reactive ketones (excluding diaryl/α,β-unsaturated/α-hetero) is 1. The minimum absolute atomic E-state index is 0.0325. The van der Waals surface area contributed by atoms with Gasteiger partial charge in [0.1, 0.15) is 5.78 Å². The average Bonchev–Trinajstić information content (AvgIpc) is 3.16. The van der Waals surface area contributed by atoms with Crippen molar-refractivity contribution in [1.82, 2.24) is 0 Å². The average molecular weight is 360 g/mol. The number of hydrogen-bond donors (Lipinski definition) is 0. The summed E-state index contributed by atoms with van der Waals surface area (Å²) >= 11 is 0. The Morgan fingerprint density at radius 3 is 2.88 bits per heavy atom. The summed E-state index contributed by atoms with van der Waals surface area (Å²) in [5.41, 5.74) is 0.575. The zero-order valence-corrected chi connectivity index (χ0v) is 15.8. The van der Waals surface area contributed by atoms with Crippen LogP contribution < -0.4 is 0 Å². The van der Waals surface area contributed by atoms with E-state index in [4.69, 9.17) is 9.47 Å². The molecule has 7 atom stereocenters. The Morgan fingerprint density at radius 2 is 2.15 bits per heavy atom. The first-order valence-corrected chi connectivity index (χ1v) is 9.89. The van der Waals surface area contributed by atoms with E-state index >= 15 is 0 Å². The first-order chi connectivity index (χ1) is 12.4. The number of allylic oxidation sites excluding steroid dienone is 2. The standard InChI is InChI=1S/C21H28O5/c1-4-25-19(24)10-14-11(2)7-17(23)15-9-16(22)13-8-18-12(5-6-26-18)20(13)21(14,15)3/h7,12-15,18,20H,4-6,8-10H2,1-3H3/t12-,13+,14+,15-,18-,20+,21-/m0/s1. The Morgan fingerprint density at radius 1 is 1.38 bits per heavy atom. The summed E-state index contributed by atoms with van der Waals surface area (Å²) in [4.78, 5) is 38.0. The van der Waals surface area contributed by atoms with Gasteiger partial charge >= 0.3 is 5.97 Å². The number of rotatable bonds is 3. The van der Waals surface area contributed by atoms with Crippen LogP contribution in [0.15, 0.2) is 11.6 Å². The molecule has 5 nitrogen and oxygen atoms in total. The summed E-state index contributed by atoms with van der Waals surface area (Å²) in [5, 5.41) is 0. The molecular weight excluding hydrogens is 332 g/mol. The molecule has 3 aliphatic carbocycles. The lowest BCUT2D eigenvalue weighted by atomic mass is 9.47. The molecule has 0 aromatic rings. The number of carbonyl (C=O) groups excluding carboxylic acids is 3. The van der Waals surface area contributed by atoms with Crippen molar-refractivity contribution in [3.05, 3.63) is 11.6 Å². The molecule has 0 radical (unpaired) electrons. The monoisotopic (exact) mass is 360 g/mol. The fourth-order valence-electron chi connectivity index (χ4n) is 6.61. The van der Waals surface area contributed by atoms with Crippen molar-refractivity contribution in [2.45, 2.75) is 52.6 Å². The molecule has 1 heterocycles. The molecule has 4 aliphatic rings. The summed E-state index contributed by atoms with van der Waals surface area (Å²) in [6.07, 6.45) is 4.12. The van der Waals surface area contributed by atoms with E-state index in [0.29, 0.717) is 18.9 Å². The molecule has 1 saturated heterocycles. The third kappa shape index (κ3) is 2.43. The third-order valence-corrected chi connectivity index (χ3v) is 7.62. The number of hydrogen-bond acceptors (Lipinski definition) is 5. The van der Waals surface area contributed by atoms with Gasteiger partial charge in [0.2, 0.25) is 0 Å². The minimum Gasteiger partial charge on any atom is -0.466 e. The second kappa shape index (κ2) is 6.29. The molecule has 1 aliphatic heterocycles. The first kappa shape index (κ1) is 17.9. The zero-order chi connectivity index (χ0) is 18.6. The first-order valence-electron chi connectivity index (χ1n) is 9.89. The van der Waals surface area contributed by atoms with Gasteiger partial charge in [-0.2, -0.15) is 0 Å². The summed E-state index contributed by atoms with van der Waals surface area (Å²) in [6, 6.07) is 0. The fourth-order valence-corrected chi connectivity index (χ4v) is 6.61. The van der Waals surface area contributed by atoms with Crippen LogP contribution in [-0.2, 0) is 23.9 Å². The molecule has 0 aromatic carbocycles. The maximum atomic E-state index is 12.9. The predicted molar refractivity (Wildman–Crippen MR) is 94.2 cm³/mol. The third-order valence-electron chi connectivity index (χ3n) is 7.62. The number of carbonyl (C=O) groups is 3. The highest BCUT2D eigenvalue weighted by Crippen LogP contribution is 2.64. The van der Waals surface area contributed by atoms with Crippen molar-refractivity contribution in [3.63, 3.8) is 0 Å². The van der Waals surface area contributed by atoms with Gasteiger partial charge in [0.15, 0.2) is 5.78 Å². The van der Waals surface area contributed by atoms with Crippen LogP contribution in [0, 0.1) is 35.0 Å². The van der Waals surface area contributed by atoms with Crippen LogP contribution in [0.3, 0.4) is 0 Å². The quantitative estimate of drug-likeness (QED) is 0.724. The van der Waals surface area contributed by atoms with Gasteiger partial charge in [-0.05, 0) is 55.9 Å². The number of ketones is 2. The molecule has 4 rings (SSSR count). The van der Waals surface area contributed by atoms with E-state index in [1.165, 1.54) is 0 Å². The minimum atomic E-state index is -0.381. The summed E-state index contributed by atoms with van der Waals surface area (Å²) in [5.74, 6) is 0.0856. The highest BCUT2D eigenvalue weighted by Gasteiger charge is 2.65. The molecule has 2 saturated carbocycles. The van der Waals surface area contributed by atoms with Crippen LogP contribution in [0.25, 0.3) is 0 Å². The molecule has 0 unspecified atom stereocenters. The molecule has 5 heteroatoms. The van der Waals surface area contributed by atoms with Crippen LogP contribution >= 0.6 is 0 Å². The van der Waals surface area contributed by atoms with E-state index in [-0.39, 0.29) is 59.1 Å². The number of esters is 1. The Bertz CT molecular complexity index is 680. The molecular formula is C21H28O5. The molecule has 0 bridgehead atoms. The molecule has 3 fully saturated rings. The highest BCUT2D eigenvalue weighted by molar-refractivity contribution is 5.99. The van der Waals surface area contributed by atoms with Gasteiger partial charge in [-0.1, -0.05) is 12.5 Å². The maximum Gasteiger partial charge on any atom is 0.306 e. The van der Waals surface area contributed by atoms with Crippen molar-refractivity contribution in [3.8, 4) is 0 Å². The molecule has 142 valence electrons. The van der Waals surface area contributed by atoms with Gasteiger partial charge in [0.25, 0.3) is 0 Å². The van der Waals surface area contributed by atoms with Crippen molar-refractivity contribution < 1.29 is 23.9 Å². The fraction of sp³-hybridized carbons (Fsp3) is 0.762.